The molecule has 3 aromatic carbocycles. The first kappa shape index (κ1) is 18.5. The van der Waals surface area contributed by atoms with E-state index in [1.54, 1.807) is 17.7 Å². The van der Waals surface area contributed by atoms with Gasteiger partial charge in [0.05, 0.1) is 5.39 Å². The van der Waals surface area contributed by atoms with Gasteiger partial charge in [-0.15, -0.1) is 11.3 Å². The fourth-order valence-electron chi connectivity index (χ4n) is 3.81. The van der Waals surface area contributed by atoms with Gasteiger partial charge in [-0.3, -0.25) is 0 Å². The third kappa shape index (κ3) is 3.36. The molecule has 0 atom stereocenters. The molecule has 0 unspecified atom stereocenters. The Morgan fingerprint density at radius 2 is 1.37 bits per heavy atom. The summed E-state index contributed by atoms with van der Waals surface area (Å²) in [5.41, 5.74) is 5.94. The quantitative estimate of drug-likeness (QED) is 0.309. The van der Waals surface area contributed by atoms with Crippen LogP contribution < -0.4 is 4.90 Å². The highest BCUT2D eigenvalue weighted by atomic mass is 32.1. The normalized spacial score (nSPS) is 11.0. The Morgan fingerprint density at radius 1 is 0.733 bits per heavy atom. The van der Waals surface area contributed by atoms with Crippen molar-refractivity contribution >= 4 is 33.1 Å². The second-order valence-electron chi connectivity index (χ2n) is 7.05. The van der Waals surface area contributed by atoms with Crippen LogP contribution in [-0.2, 0) is 0 Å². The van der Waals surface area contributed by atoms with Crippen molar-refractivity contribution in [3.8, 4) is 22.3 Å². The molecule has 0 radical (unpaired) electrons. The lowest BCUT2D eigenvalue weighted by atomic mass is 10.0. The molecular formula is C26H21N3S. The van der Waals surface area contributed by atoms with Crippen LogP contribution in [-0.4, -0.2) is 16.5 Å². The van der Waals surface area contributed by atoms with Crippen LogP contribution in [0.5, 0.6) is 0 Å². The van der Waals surface area contributed by atoms with Crippen molar-refractivity contribution in [3.05, 3.63) is 96.6 Å². The van der Waals surface area contributed by atoms with Gasteiger partial charge in [0, 0.05) is 23.2 Å². The van der Waals surface area contributed by atoms with Gasteiger partial charge in [-0.05, 0) is 35.7 Å². The Hall–Kier alpha value is -3.50. The number of rotatable bonds is 5. The van der Waals surface area contributed by atoms with Crippen molar-refractivity contribution in [3.63, 3.8) is 0 Å². The number of aromatic nitrogens is 2. The molecule has 4 heteroatoms. The van der Waals surface area contributed by atoms with E-state index in [4.69, 9.17) is 4.98 Å². The molecule has 0 saturated carbocycles. The fraction of sp³-hybridized carbons (Fsp3) is 0.0769. The van der Waals surface area contributed by atoms with Gasteiger partial charge in [0.25, 0.3) is 0 Å². The lowest BCUT2D eigenvalue weighted by Gasteiger charge is -2.23. The van der Waals surface area contributed by atoms with Gasteiger partial charge < -0.3 is 4.90 Å². The number of nitrogens with zero attached hydrogens (tertiary/aromatic N) is 3. The zero-order valence-corrected chi connectivity index (χ0v) is 17.5. The summed E-state index contributed by atoms with van der Waals surface area (Å²) in [4.78, 5) is 12.5. The maximum absolute atomic E-state index is 4.70. The lowest BCUT2D eigenvalue weighted by Crippen LogP contribution is -2.17. The molecule has 146 valence electrons. The minimum atomic E-state index is 0.832. The molecule has 0 bridgehead atoms. The third-order valence-electron chi connectivity index (χ3n) is 5.29. The van der Waals surface area contributed by atoms with Gasteiger partial charge in [0.15, 0.2) is 0 Å². The van der Waals surface area contributed by atoms with E-state index in [1.807, 2.05) is 12.1 Å². The minimum Gasteiger partial charge on any atom is -0.326 e. The Balaban J connectivity index is 1.61. The van der Waals surface area contributed by atoms with Crippen molar-refractivity contribution in [1.29, 1.82) is 0 Å². The molecule has 0 N–H and O–H groups in total. The molecule has 0 amide bonds. The van der Waals surface area contributed by atoms with E-state index in [0.717, 1.165) is 28.3 Å². The van der Waals surface area contributed by atoms with Gasteiger partial charge in [-0.2, -0.15) is 0 Å². The molecular weight excluding hydrogens is 386 g/mol. The molecule has 30 heavy (non-hydrogen) atoms. The van der Waals surface area contributed by atoms with E-state index in [-0.39, 0.29) is 0 Å². The van der Waals surface area contributed by atoms with E-state index in [1.165, 1.54) is 22.3 Å². The van der Waals surface area contributed by atoms with Crippen LogP contribution >= 0.6 is 11.3 Å². The van der Waals surface area contributed by atoms with Gasteiger partial charge in [0.1, 0.15) is 17.0 Å². The second kappa shape index (κ2) is 8.09. The molecule has 2 aromatic heterocycles. The lowest BCUT2D eigenvalue weighted by molar-refractivity contribution is 0.991. The van der Waals surface area contributed by atoms with E-state index in [2.05, 4.69) is 95.0 Å². The molecule has 5 rings (SSSR count). The van der Waals surface area contributed by atoms with Crippen LogP contribution in [0.4, 0.5) is 11.5 Å². The number of fused-ring (bicyclic) bond motifs is 1. The summed E-state index contributed by atoms with van der Waals surface area (Å²) in [6.07, 6.45) is 1.67. The van der Waals surface area contributed by atoms with Crippen molar-refractivity contribution in [2.24, 2.45) is 0 Å². The molecule has 0 aliphatic rings. The van der Waals surface area contributed by atoms with Gasteiger partial charge in [-0.1, -0.05) is 72.8 Å². The molecule has 2 heterocycles. The van der Waals surface area contributed by atoms with Crippen LogP contribution in [0.25, 0.3) is 32.5 Å². The monoisotopic (exact) mass is 407 g/mol. The highest BCUT2D eigenvalue weighted by Gasteiger charge is 2.18. The standard InChI is InChI=1S/C26H21N3S/c1-2-29(22-11-7-4-8-12-22)25-24-23(17-30-26(24)28-18-27-25)21-15-13-20(14-16-21)19-9-5-3-6-10-19/h3-18H,2H2,1H3. The van der Waals surface area contributed by atoms with Gasteiger partial charge in [0.2, 0.25) is 0 Å². The van der Waals surface area contributed by atoms with E-state index in [0.29, 0.717) is 0 Å². The van der Waals surface area contributed by atoms with Crippen LogP contribution in [0.2, 0.25) is 0 Å². The predicted molar refractivity (Wildman–Crippen MR) is 127 cm³/mol. The van der Waals surface area contributed by atoms with Crippen LogP contribution in [0, 0.1) is 0 Å². The average molecular weight is 408 g/mol. The fourth-order valence-corrected chi connectivity index (χ4v) is 4.72. The Kier molecular flexibility index (Phi) is 4.99. The van der Waals surface area contributed by atoms with Gasteiger partial charge >= 0.3 is 0 Å². The van der Waals surface area contributed by atoms with Crippen molar-refractivity contribution in [2.75, 3.05) is 11.4 Å². The molecule has 0 aliphatic heterocycles. The zero-order valence-electron chi connectivity index (χ0n) is 16.7. The SMILES string of the molecule is CCN(c1ccccc1)c1ncnc2scc(-c3ccc(-c4ccccc4)cc3)c12. The Labute approximate surface area is 180 Å². The maximum Gasteiger partial charge on any atom is 0.145 e. The molecule has 0 fully saturated rings. The number of anilines is 2. The molecule has 0 aliphatic carbocycles. The number of para-hydroxylation sites is 1. The summed E-state index contributed by atoms with van der Waals surface area (Å²) >= 11 is 1.67. The van der Waals surface area contributed by atoms with E-state index >= 15 is 0 Å². The first-order valence-electron chi connectivity index (χ1n) is 10.1. The average Bonchev–Trinajstić information content (AvgIpc) is 3.26. The first-order chi connectivity index (χ1) is 14.8. The van der Waals surface area contributed by atoms with Crippen molar-refractivity contribution in [2.45, 2.75) is 6.92 Å². The Morgan fingerprint density at radius 3 is 2.07 bits per heavy atom. The van der Waals surface area contributed by atoms with Crippen molar-refractivity contribution in [1.82, 2.24) is 9.97 Å². The number of hydrogen-bond donors (Lipinski definition) is 0. The number of hydrogen-bond acceptors (Lipinski definition) is 4. The van der Waals surface area contributed by atoms with Crippen molar-refractivity contribution < 1.29 is 0 Å². The van der Waals surface area contributed by atoms with E-state index in [9.17, 15) is 0 Å². The minimum absolute atomic E-state index is 0.832. The highest BCUT2D eigenvalue weighted by molar-refractivity contribution is 7.17. The highest BCUT2D eigenvalue weighted by Crippen LogP contribution is 2.40. The molecule has 5 aromatic rings. The number of benzene rings is 3. The zero-order chi connectivity index (χ0) is 20.3. The Bertz CT molecular complexity index is 1260. The topological polar surface area (TPSA) is 29.0 Å². The smallest absolute Gasteiger partial charge is 0.145 e. The number of thiophene rings is 1. The first-order valence-corrected chi connectivity index (χ1v) is 10.9. The molecule has 0 saturated heterocycles. The maximum atomic E-state index is 4.70. The van der Waals surface area contributed by atoms with Crippen LogP contribution in [0.15, 0.2) is 96.6 Å². The summed E-state index contributed by atoms with van der Waals surface area (Å²) in [5, 5.41) is 3.31. The summed E-state index contributed by atoms with van der Waals surface area (Å²) in [6.45, 7) is 2.99. The summed E-state index contributed by atoms with van der Waals surface area (Å²) in [6, 6.07) is 29.6. The molecule has 3 nitrogen and oxygen atoms in total. The van der Waals surface area contributed by atoms with Gasteiger partial charge in [-0.25, -0.2) is 9.97 Å². The second-order valence-corrected chi connectivity index (χ2v) is 7.91. The largest absolute Gasteiger partial charge is 0.326 e. The third-order valence-corrected chi connectivity index (χ3v) is 6.18. The summed E-state index contributed by atoms with van der Waals surface area (Å²) in [7, 11) is 0. The van der Waals surface area contributed by atoms with Crippen LogP contribution in [0.1, 0.15) is 6.92 Å². The van der Waals surface area contributed by atoms with E-state index < -0.39 is 0 Å². The summed E-state index contributed by atoms with van der Waals surface area (Å²) < 4.78 is 0. The predicted octanol–water partition coefficient (Wildman–Crippen LogP) is 7.18. The van der Waals surface area contributed by atoms with Crippen LogP contribution in [0.3, 0.4) is 0 Å². The molecule has 0 spiro atoms. The summed E-state index contributed by atoms with van der Waals surface area (Å²) in [5.74, 6) is 0.956.